The Hall–Kier alpha value is -2.00. The summed E-state index contributed by atoms with van der Waals surface area (Å²) in [6.45, 7) is 2.20. The Balaban J connectivity index is 2.00. The van der Waals surface area contributed by atoms with E-state index in [1.165, 1.54) is 0 Å². The Morgan fingerprint density at radius 1 is 1.05 bits per heavy atom. The molecule has 1 N–H and O–H groups in total. The Morgan fingerprint density at radius 3 is 2.53 bits per heavy atom. The van der Waals surface area contributed by atoms with E-state index in [4.69, 9.17) is 9.47 Å². The van der Waals surface area contributed by atoms with Crippen LogP contribution in [-0.2, 0) is 0 Å². The smallest absolute Gasteiger partial charge is 0.123 e. The van der Waals surface area contributed by atoms with E-state index in [9.17, 15) is 5.11 Å². The van der Waals surface area contributed by atoms with Gasteiger partial charge >= 0.3 is 0 Å². The van der Waals surface area contributed by atoms with Gasteiger partial charge in [0.25, 0.3) is 0 Å². The second-order valence-corrected chi connectivity index (χ2v) is 4.36. The topological polar surface area (TPSA) is 38.7 Å². The van der Waals surface area contributed by atoms with E-state index in [0.717, 1.165) is 16.9 Å². The molecule has 0 saturated carbocycles. The first-order valence-corrected chi connectivity index (χ1v) is 6.21. The number of aryl methyl sites for hydroxylation is 1. The average molecular weight is 258 g/mol. The number of hydrogen-bond acceptors (Lipinski definition) is 3. The first kappa shape index (κ1) is 13.4. The van der Waals surface area contributed by atoms with E-state index < -0.39 is 6.10 Å². The summed E-state index contributed by atoms with van der Waals surface area (Å²) in [5, 5.41) is 10.1. The third-order valence-electron chi connectivity index (χ3n) is 3.00. The maximum Gasteiger partial charge on any atom is 0.123 e. The minimum absolute atomic E-state index is 0.220. The lowest BCUT2D eigenvalue weighted by atomic mass is 10.0. The minimum atomic E-state index is -0.632. The van der Waals surface area contributed by atoms with E-state index in [0.29, 0.717) is 5.75 Å². The molecule has 3 heteroatoms. The molecular formula is C16H18O3. The summed E-state index contributed by atoms with van der Waals surface area (Å²) in [6.07, 6.45) is -0.632. The molecule has 2 aromatic rings. The van der Waals surface area contributed by atoms with Gasteiger partial charge in [-0.1, -0.05) is 30.3 Å². The molecule has 0 aromatic heterocycles. The summed E-state index contributed by atoms with van der Waals surface area (Å²) in [6, 6.07) is 15.1. The van der Waals surface area contributed by atoms with Crippen molar-refractivity contribution in [1.29, 1.82) is 0 Å². The maximum absolute atomic E-state index is 10.1. The standard InChI is InChI=1S/C16H18O3/c1-12-6-3-4-9-15(12)16(17)11-19-14-8-5-7-13(10-14)18-2/h3-10,16-17H,11H2,1-2H3. The molecule has 3 nitrogen and oxygen atoms in total. The van der Waals surface area contributed by atoms with Crippen LogP contribution in [0.3, 0.4) is 0 Å². The molecular weight excluding hydrogens is 240 g/mol. The second-order valence-electron chi connectivity index (χ2n) is 4.36. The third-order valence-corrected chi connectivity index (χ3v) is 3.00. The molecule has 0 fully saturated rings. The zero-order valence-corrected chi connectivity index (χ0v) is 11.2. The average Bonchev–Trinajstić information content (AvgIpc) is 2.45. The molecule has 100 valence electrons. The van der Waals surface area contributed by atoms with Gasteiger partial charge in [-0.05, 0) is 30.2 Å². The highest BCUT2D eigenvalue weighted by Gasteiger charge is 2.10. The quantitative estimate of drug-likeness (QED) is 0.895. The summed E-state index contributed by atoms with van der Waals surface area (Å²) in [5.41, 5.74) is 1.95. The molecule has 0 saturated heterocycles. The van der Waals surface area contributed by atoms with Gasteiger partial charge in [-0.2, -0.15) is 0 Å². The van der Waals surface area contributed by atoms with Gasteiger partial charge in [-0.15, -0.1) is 0 Å². The van der Waals surface area contributed by atoms with E-state index >= 15 is 0 Å². The predicted octanol–water partition coefficient (Wildman–Crippen LogP) is 3.12. The minimum Gasteiger partial charge on any atom is -0.497 e. The fourth-order valence-electron chi connectivity index (χ4n) is 1.92. The van der Waals surface area contributed by atoms with Gasteiger partial charge in [0.2, 0.25) is 0 Å². The van der Waals surface area contributed by atoms with Crippen molar-refractivity contribution in [1.82, 2.24) is 0 Å². The van der Waals surface area contributed by atoms with Crippen LogP contribution in [0.15, 0.2) is 48.5 Å². The Morgan fingerprint density at radius 2 is 1.79 bits per heavy atom. The molecule has 19 heavy (non-hydrogen) atoms. The first-order valence-electron chi connectivity index (χ1n) is 6.21. The summed E-state index contributed by atoms with van der Waals surface area (Å²) >= 11 is 0. The van der Waals surface area contributed by atoms with Crippen molar-refractivity contribution in [3.8, 4) is 11.5 Å². The Kier molecular flexibility index (Phi) is 4.42. The second kappa shape index (κ2) is 6.25. The first-order chi connectivity index (χ1) is 9.20. The van der Waals surface area contributed by atoms with Crippen LogP contribution in [-0.4, -0.2) is 18.8 Å². The van der Waals surface area contributed by atoms with Crippen LogP contribution in [0.25, 0.3) is 0 Å². The number of hydrogen-bond donors (Lipinski definition) is 1. The van der Waals surface area contributed by atoms with Gasteiger partial charge in [0.15, 0.2) is 0 Å². The summed E-state index contributed by atoms with van der Waals surface area (Å²) in [4.78, 5) is 0. The molecule has 0 aliphatic heterocycles. The lowest BCUT2D eigenvalue weighted by Gasteiger charge is -2.15. The van der Waals surface area contributed by atoms with Gasteiger partial charge in [0, 0.05) is 6.07 Å². The van der Waals surface area contributed by atoms with Gasteiger partial charge < -0.3 is 14.6 Å². The Labute approximate surface area is 113 Å². The molecule has 0 aliphatic rings. The van der Waals surface area contributed by atoms with Crippen molar-refractivity contribution in [2.75, 3.05) is 13.7 Å². The van der Waals surface area contributed by atoms with Crippen molar-refractivity contribution in [3.63, 3.8) is 0 Å². The monoisotopic (exact) mass is 258 g/mol. The summed E-state index contributed by atoms with van der Waals surface area (Å²) in [7, 11) is 1.61. The maximum atomic E-state index is 10.1. The van der Waals surface area contributed by atoms with Crippen molar-refractivity contribution in [2.24, 2.45) is 0 Å². The van der Waals surface area contributed by atoms with E-state index in [2.05, 4.69) is 0 Å². The van der Waals surface area contributed by atoms with E-state index in [-0.39, 0.29) is 6.61 Å². The predicted molar refractivity (Wildman–Crippen MR) is 74.6 cm³/mol. The number of aliphatic hydroxyl groups excluding tert-OH is 1. The van der Waals surface area contributed by atoms with Gasteiger partial charge in [-0.25, -0.2) is 0 Å². The van der Waals surface area contributed by atoms with Gasteiger partial charge in [0.05, 0.1) is 7.11 Å². The number of rotatable bonds is 5. The highest BCUT2D eigenvalue weighted by Crippen LogP contribution is 2.22. The fraction of sp³-hybridized carbons (Fsp3) is 0.250. The molecule has 1 unspecified atom stereocenters. The number of aliphatic hydroxyl groups is 1. The molecule has 2 rings (SSSR count). The molecule has 0 aliphatic carbocycles. The van der Waals surface area contributed by atoms with Crippen LogP contribution < -0.4 is 9.47 Å². The van der Waals surface area contributed by atoms with Crippen LogP contribution in [0, 0.1) is 6.92 Å². The van der Waals surface area contributed by atoms with Crippen LogP contribution in [0.1, 0.15) is 17.2 Å². The van der Waals surface area contributed by atoms with Crippen LogP contribution >= 0.6 is 0 Å². The molecule has 0 heterocycles. The lowest BCUT2D eigenvalue weighted by Crippen LogP contribution is -2.10. The molecule has 0 bridgehead atoms. The zero-order chi connectivity index (χ0) is 13.7. The van der Waals surface area contributed by atoms with Gasteiger partial charge in [0.1, 0.15) is 24.2 Å². The zero-order valence-electron chi connectivity index (χ0n) is 11.2. The number of methoxy groups -OCH3 is 1. The highest BCUT2D eigenvalue weighted by atomic mass is 16.5. The third kappa shape index (κ3) is 3.48. The number of ether oxygens (including phenoxy) is 2. The van der Waals surface area contributed by atoms with Crippen molar-refractivity contribution >= 4 is 0 Å². The fourth-order valence-corrected chi connectivity index (χ4v) is 1.92. The van der Waals surface area contributed by atoms with Crippen molar-refractivity contribution < 1.29 is 14.6 Å². The molecule has 0 spiro atoms. The normalized spacial score (nSPS) is 11.9. The molecule has 0 radical (unpaired) electrons. The van der Waals surface area contributed by atoms with Crippen molar-refractivity contribution in [3.05, 3.63) is 59.7 Å². The van der Waals surface area contributed by atoms with Crippen LogP contribution in [0.5, 0.6) is 11.5 Å². The summed E-state index contributed by atoms with van der Waals surface area (Å²) in [5.74, 6) is 1.43. The molecule has 1 atom stereocenters. The molecule has 0 amide bonds. The largest absolute Gasteiger partial charge is 0.497 e. The number of benzene rings is 2. The van der Waals surface area contributed by atoms with Crippen molar-refractivity contribution in [2.45, 2.75) is 13.0 Å². The Bertz CT molecular complexity index is 537. The molecule has 2 aromatic carbocycles. The van der Waals surface area contributed by atoms with E-state index in [1.807, 2.05) is 49.4 Å². The van der Waals surface area contributed by atoms with E-state index in [1.54, 1.807) is 13.2 Å². The van der Waals surface area contributed by atoms with Crippen LogP contribution in [0.4, 0.5) is 0 Å². The van der Waals surface area contributed by atoms with Crippen LogP contribution in [0.2, 0.25) is 0 Å². The SMILES string of the molecule is COc1cccc(OCC(O)c2ccccc2C)c1. The van der Waals surface area contributed by atoms with Gasteiger partial charge in [-0.3, -0.25) is 0 Å². The highest BCUT2D eigenvalue weighted by molar-refractivity contribution is 5.33. The summed E-state index contributed by atoms with van der Waals surface area (Å²) < 4.78 is 10.7. The lowest BCUT2D eigenvalue weighted by molar-refractivity contribution is 0.107.